The van der Waals surface area contributed by atoms with Crippen molar-refractivity contribution in [2.24, 2.45) is 10.2 Å². The molecular formula is C19H11N6Na3O12S3. The Labute approximate surface area is 308 Å². The number of hydrogen-bond donors (Lipinski definition) is 4. The molecule has 0 atom stereocenters. The summed E-state index contributed by atoms with van der Waals surface area (Å²) in [4.78, 5) is 6.58. The number of aromatic nitrogens is 3. The SMILES string of the molecule is O=S(=O)(O)c1cc(Nc2nc([O-])nc([O-])n2)c2c([O-])c(N=Nc3ccccc3S(=O)(=O)O)c(S(=O)(=O)O)cc2c1.[Na+].[Na+].[Na+]. The van der Waals surface area contributed by atoms with Crippen LogP contribution in [0.3, 0.4) is 0 Å². The molecule has 24 heteroatoms. The van der Waals surface area contributed by atoms with E-state index in [9.17, 15) is 54.2 Å². The number of azo groups is 1. The van der Waals surface area contributed by atoms with Gasteiger partial charge in [0, 0.05) is 5.69 Å². The van der Waals surface area contributed by atoms with E-state index in [0.29, 0.717) is 18.2 Å². The van der Waals surface area contributed by atoms with Gasteiger partial charge in [0.25, 0.3) is 30.4 Å². The Bertz CT molecular complexity index is 2040. The fourth-order valence-electron chi connectivity index (χ4n) is 3.36. The van der Waals surface area contributed by atoms with E-state index in [1.165, 1.54) is 12.1 Å². The van der Waals surface area contributed by atoms with Crippen LogP contribution < -0.4 is 109 Å². The third-order valence-corrected chi connectivity index (χ3v) is 7.52. The molecule has 0 unspecified atom stereocenters. The molecule has 0 fully saturated rings. The fourth-order valence-corrected chi connectivity index (χ4v) is 5.18. The van der Waals surface area contributed by atoms with Crippen molar-refractivity contribution in [2.75, 3.05) is 5.32 Å². The third kappa shape index (κ3) is 9.24. The molecule has 210 valence electrons. The maximum absolute atomic E-state index is 13.5. The van der Waals surface area contributed by atoms with Crippen molar-refractivity contribution in [3.8, 4) is 17.8 Å². The van der Waals surface area contributed by atoms with Crippen molar-refractivity contribution in [3.05, 3.63) is 42.5 Å². The third-order valence-electron chi connectivity index (χ3n) is 4.92. The first kappa shape index (κ1) is 39.5. The molecule has 0 aliphatic rings. The molecule has 0 radical (unpaired) electrons. The standard InChI is InChI=1S/C19H14N6O12S3.3Na/c26-16-14-8(5-9(38(29,30)31)7-11(14)20-17-21-18(27)23-19(28)22-17)6-13(40(35,36)37)15(16)25-24-10-3-1-2-4-12(10)39(32,33)34;;;/h1-7,26H,(H,29,30,31)(H,32,33,34)(H,35,36,37)(H3,20,21,22,23,27,28);;;/q;3*+1/p-3. The Balaban J connectivity index is 0.00000308. The summed E-state index contributed by atoms with van der Waals surface area (Å²) in [6.07, 6.45) is 0. The van der Waals surface area contributed by atoms with E-state index in [4.69, 9.17) is 0 Å². The Morgan fingerprint density at radius 3 is 1.79 bits per heavy atom. The van der Waals surface area contributed by atoms with E-state index in [2.05, 4.69) is 30.5 Å². The Morgan fingerprint density at radius 1 is 0.698 bits per heavy atom. The van der Waals surface area contributed by atoms with Crippen LogP contribution in [-0.2, 0) is 30.4 Å². The molecule has 1 heterocycles. The molecule has 0 amide bonds. The summed E-state index contributed by atoms with van der Waals surface area (Å²) in [5, 5.41) is 44.6. The molecule has 3 aromatic carbocycles. The predicted octanol–water partition coefficient (Wildman–Crippen LogP) is -8.84. The predicted molar refractivity (Wildman–Crippen MR) is 125 cm³/mol. The average molecular weight is 680 g/mol. The van der Waals surface area contributed by atoms with E-state index in [1.54, 1.807) is 0 Å². The fraction of sp³-hybridized carbons (Fsp3) is 0. The van der Waals surface area contributed by atoms with Crippen LogP contribution in [0, 0.1) is 0 Å². The first-order valence-electron chi connectivity index (χ1n) is 10.1. The van der Waals surface area contributed by atoms with Crippen LogP contribution in [0.15, 0.2) is 67.4 Å². The van der Waals surface area contributed by atoms with Gasteiger partial charge in [0.05, 0.1) is 22.6 Å². The van der Waals surface area contributed by atoms with Crippen molar-refractivity contribution in [1.29, 1.82) is 0 Å². The molecule has 4 N–H and O–H groups in total. The van der Waals surface area contributed by atoms with Gasteiger partial charge in [-0.05, 0) is 41.1 Å². The van der Waals surface area contributed by atoms with Crippen molar-refractivity contribution in [2.45, 2.75) is 14.7 Å². The van der Waals surface area contributed by atoms with Gasteiger partial charge in [0.2, 0.25) is 5.95 Å². The Morgan fingerprint density at radius 2 is 1.26 bits per heavy atom. The van der Waals surface area contributed by atoms with Gasteiger partial charge in [0.1, 0.15) is 15.5 Å². The van der Waals surface area contributed by atoms with Crippen LogP contribution in [0.1, 0.15) is 0 Å². The van der Waals surface area contributed by atoms with Gasteiger partial charge in [0.15, 0.2) is 0 Å². The molecular weight excluding hydrogens is 669 g/mol. The van der Waals surface area contributed by atoms with Crippen LogP contribution in [0.5, 0.6) is 17.8 Å². The summed E-state index contributed by atoms with van der Waals surface area (Å²) < 4.78 is 99.8. The molecule has 43 heavy (non-hydrogen) atoms. The van der Waals surface area contributed by atoms with Crippen LogP contribution in [0.25, 0.3) is 10.8 Å². The van der Waals surface area contributed by atoms with Crippen molar-refractivity contribution >= 4 is 64.1 Å². The minimum Gasteiger partial charge on any atom is -0.870 e. The second kappa shape index (κ2) is 14.7. The number of anilines is 2. The van der Waals surface area contributed by atoms with Gasteiger partial charge >= 0.3 is 88.7 Å². The summed E-state index contributed by atoms with van der Waals surface area (Å²) in [5.74, 6) is -2.12. The Hall–Kier alpha value is -1.54. The maximum atomic E-state index is 13.5. The zero-order valence-electron chi connectivity index (χ0n) is 22.0. The van der Waals surface area contributed by atoms with Crippen molar-refractivity contribution < 1.29 is 143 Å². The summed E-state index contributed by atoms with van der Waals surface area (Å²) in [5.41, 5.74) is -2.23. The zero-order chi connectivity index (χ0) is 29.6. The maximum Gasteiger partial charge on any atom is 1.00 e. The molecule has 0 aliphatic carbocycles. The van der Waals surface area contributed by atoms with Crippen LogP contribution in [0.2, 0.25) is 0 Å². The van der Waals surface area contributed by atoms with Crippen molar-refractivity contribution in [1.82, 2.24) is 15.0 Å². The number of benzene rings is 3. The number of nitrogens with one attached hydrogen (secondary N) is 1. The molecule has 0 saturated carbocycles. The smallest absolute Gasteiger partial charge is 0.870 e. The number of rotatable bonds is 7. The normalized spacial score (nSPS) is 11.8. The zero-order valence-corrected chi connectivity index (χ0v) is 30.5. The van der Waals surface area contributed by atoms with E-state index >= 15 is 0 Å². The molecule has 0 spiro atoms. The summed E-state index contributed by atoms with van der Waals surface area (Å²) in [7, 11) is -15.2. The topological polar surface area (TPSA) is 308 Å². The number of nitrogens with zero attached hydrogens (tertiary/aromatic N) is 5. The molecule has 0 saturated heterocycles. The van der Waals surface area contributed by atoms with Crippen LogP contribution in [0.4, 0.5) is 23.0 Å². The molecule has 4 aromatic rings. The van der Waals surface area contributed by atoms with Gasteiger partial charge in [-0.25, -0.2) is 15.0 Å². The molecule has 0 aliphatic heterocycles. The average Bonchev–Trinajstić information content (AvgIpc) is 2.80. The van der Waals surface area contributed by atoms with Gasteiger partial charge in [-0.2, -0.15) is 25.3 Å². The monoisotopic (exact) mass is 680 g/mol. The van der Waals surface area contributed by atoms with Crippen LogP contribution >= 0.6 is 0 Å². The summed E-state index contributed by atoms with van der Waals surface area (Å²) >= 11 is 0. The molecule has 1 aromatic heterocycles. The quantitative estimate of drug-likeness (QED) is 0.0800. The number of hydrogen-bond acceptors (Lipinski definition) is 15. The molecule has 18 nitrogen and oxygen atoms in total. The molecule has 4 rings (SSSR count). The van der Waals surface area contributed by atoms with E-state index < -0.39 is 96.6 Å². The minimum atomic E-state index is -5.29. The van der Waals surface area contributed by atoms with Crippen LogP contribution in [-0.4, -0.2) is 53.9 Å². The first-order valence-corrected chi connectivity index (χ1v) is 14.4. The van der Waals surface area contributed by atoms with E-state index in [1.807, 2.05) is 0 Å². The largest absolute Gasteiger partial charge is 1.00 e. The first-order chi connectivity index (χ1) is 18.4. The second-order valence-corrected chi connectivity index (χ2v) is 11.8. The molecule has 0 bridgehead atoms. The van der Waals surface area contributed by atoms with Gasteiger partial charge in [-0.3, -0.25) is 13.7 Å². The van der Waals surface area contributed by atoms with E-state index in [0.717, 1.165) is 12.1 Å². The summed E-state index contributed by atoms with van der Waals surface area (Å²) in [6, 6.07) is 3.74. The van der Waals surface area contributed by atoms with Gasteiger partial charge < -0.3 is 20.6 Å². The van der Waals surface area contributed by atoms with Gasteiger partial charge in [-0.1, -0.05) is 17.9 Å². The van der Waals surface area contributed by atoms with E-state index in [-0.39, 0.29) is 88.7 Å². The Kier molecular flexibility index (Phi) is 13.5. The second-order valence-electron chi connectivity index (χ2n) is 7.56. The van der Waals surface area contributed by atoms with Crippen molar-refractivity contribution in [3.63, 3.8) is 0 Å². The minimum absolute atomic E-state index is 0. The number of fused-ring (bicyclic) bond motifs is 1. The van der Waals surface area contributed by atoms with Gasteiger partial charge in [-0.15, -0.1) is 10.2 Å². The summed E-state index contributed by atoms with van der Waals surface area (Å²) in [6.45, 7) is 0.